The maximum Gasteiger partial charge on any atom is 0.125 e. The quantitative estimate of drug-likeness (QED) is 0.481. The molecule has 1 saturated heterocycles. The first-order chi connectivity index (χ1) is 4.38. The van der Waals surface area contributed by atoms with Crippen LogP contribution in [0.3, 0.4) is 0 Å². The number of hydrogen-bond donors (Lipinski definition) is 1. The molecule has 0 aromatic carbocycles. The second kappa shape index (κ2) is 2.60. The Kier molecular flexibility index (Phi) is 1.81. The van der Waals surface area contributed by atoms with Gasteiger partial charge in [-0.15, -0.1) is 0 Å². The fourth-order valence-corrected chi connectivity index (χ4v) is 0.983. The molecule has 1 aliphatic rings. The minimum absolute atomic E-state index is 0.0741. The molecule has 3 nitrogen and oxygen atoms in total. The SMILES string of the molecule is N#CC1CNCC1C=O. The highest BCUT2D eigenvalue weighted by molar-refractivity contribution is 5.56. The van der Waals surface area contributed by atoms with Crippen LogP contribution in [0.25, 0.3) is 0 Å². The van der Waals surface area contributed by atoms with Gasteiger partial charge in [0, 0.05) is 19.0 Å². The first-order valence-corrected chi connectivity index (χ1v) is 2.94. The molecule has 0 aromatic rings. The lowest BCUT2D eigenvalue weighted by Crippen LogP contribution is -2.11. The Morgan fingerprint density at radius 1 is 1.67 bits per heavy atom. The van der Waals surface area contributed by atoms with Gasteiger partial charge in [0.15, 0.2) is 0 Å². The van der Waals surface area contributed by atoms with Gasteiger partial charge in [-0.1, -0.05) is 0 Å². The first kappa shape index (κ1) is 6.24. The van der Waals surface area contributed by atoms with Crippen molar-refractivity contribution in [3.63, 3.8) is 0 Å². The Hall–Kier alpha value is -0.880. The summed E-state index contributed by atoms with van der Waals surface area (Å²) in [5.41, 5.74) is 0. The van der Waals surface area contributed by atoms with Crippen molar-refractivity contribution in [2.75, 3.05) is 13.1 Å². The van der Waals surface area contributed by atoms with E-state index in [1.165, 1.54) is 0 Å². The lowest BCUT2D eigenvalue weighted by molar-refractivity contribution is -0.111. The number of hydrogen-bond acceptors (Lipinski definition) is 3. The number of nitriles is 1. The molecular weight excluding hydrogens is 116 g/mol. The van der Waals surface area contributed by atoms with Crippen molar-refractivity contribution in [1.29, 1.82) is 5.26 Å². The molecule has 2 unspecified atom stereocenters. The van der Waals surface area contributed by atoms with E-state index >= 15 is 0 Å². The zero-order valence-corrected chi connectivity index (χ0v) is 5.00. The summed E-state index contributed by atoms with van der Waals surface area (Å²) < 4.78 is 0. The molecule has 1 aliphatic heterocycles. The molecule has 1 fully saturated rings. The Morgan fingerprint density at radius 3 is 2.89 bits per heavy atom. The molecule has 0 aliphatic carbocycles. The Balaban J connectivity index is 2.53. The number of aldehydes is 1. The Morgan fingerprint density at radius 2 is 2.44 bits per heavy atom. The second-order valence-electron chi connectivity index (χ2n) is 2.19. The van der Waals surface area contributed by atoms with Crippen LogP contribution in [0.4, 0.5) is 0 Å². The van der Waals surface area contributed by atoms with Crippen molar-refractivity contribution < 1.29 is 4.79 Å². The van der Waals surface area contributed by atoms with Gasteiger partial charge < -0.3 is 10.1 Å². The van der Waals surface area contributed by atoms with Crippen molar-refractivity contribution in [1.82, 2.24) is 5.32 Å². The minimum atomic E-state index is -0.0949. The first-order valence-electron chi connectivity index (χ1n) is 2.94. The van der Waals surface area contributed by atoms with Crippen molar-refractivity contribution in [2.45, 2.75) is 0 Å². The topological polar surface area (TPSA) is 52.9 Å². The summed E-state index contributed by atoms with van der Waals surface area (Å²) in [6.07, 6.45) is 0.855. The molecule has 0 radical (unpaired) electrons. The molecule has 1 heterocycles. The van der Waals surface area contributed by atoms with E-state index in [2.05, 4.69) is 11.4 Å². The maximum atomic E-state index is 10.2. The molecule has 0 saturated carbocycles. The van der Waals surface area contributed by atoms with E-state index in [9.17, 15) is 4.79 Å². The smallest absolute Gasteiger partial charge is 0.125 e. The molecule has 2 atom stereocenters. The van der Waals surface area contributed by atoms with E-state index in [-0.39, 0.29) is 11.8 Å². The molecule has 9 heavy (non-hydrogen) atoms. The average Bonchev–Trinajstić information content (AvgIpc) is 2.33. The van der Waals surface area contributed by atoms with Gasteiger partial charge in [0.25, 0.3) is 0 Å². The molecule has 0 amide bonds. The predicted molar refractivity (Wildman–Crippen MR) is 31.5 cm³/mol. The maximum absolute atomic E-state index is 10.2. The van der Waals surface area contributed by atoms with Gasteiger partial charge in [0.2, 0.25) is 0 Å². The van der Waals surface area contributed by atoms with Crippen LogP contribution in [0.5, 0.6) is 0 Å². The summed E-state index contributed by atoms with van der Waals surface area (Å²) >= 11 is 0. The summed E-state index contributed by atoms with van der Waals surface area (Å²) in [5, 5.41) is 11.4. The number of nitrogens with one attached hydrogen (secondary N) is 1. The van der Waals surface area contributed by atoms with Gasteiger partial charge >= 0.3 is 0 Å². The van der Waals surface area contributed by atoms with Crippen molar-refractivity contribution >= 4 is 6.29 Å². The Bertz CT molecular complexity index is 150. The molecular formula is C6H8N2O. The molecule has 3 heteroatoms. The highest BCUT2D eigenvalue weighted by Gasteiger charge is 2.25. The van der Waals surface area contributed by atoms with Gasteiger partial charge in [-0.25, -0.2) is 0 Å². The summed E-state index contributed by atoms with van der Waals surface area (Å²) in [7, 11) is 0. The van der Waals surface area contributed by atoms with Crippen molar-refractivity contribution in [3.05, 3.63) is 0 Å². The van der Waals surface area contributed by atoms with Crippen molar-refractivity contribution in [2.24, 2.45) is 11.8 Å². The molecule has 0 spiro atoms. The van der Waals surface area contributed by atoms with E-state index in [4.69, 9.17) is 5.26 Å². The fourth-order valence-electron chi connectivity index (χ4n) is 0.983. The largest absolute Gasteiger partial charge is 0.315 e. The third-order valence-corrected chi connectivity index (χ3v) is 1.60. The van der Waals surface area contributed by atoms with Gasteiger partial charge in [-0.3, -0.25) is 0 Å². The van der Waals surface area contributed by atoms with E-state index in [0.717, 1.165) is 6.29 Å². The molecule has 48 valence electrons. The van der Waals surface area contributed by atoms with Crippen LogP contribution >= 0.6 is 0 Å². The Labute approximate surface area is 53.7 Å². The monoisotopic (exact) mass is 124 g/mol. The van der Waals surface area contributed by atoms with E-state index in [0.29, 0.717) is 13.1 Å². The van der Waals surface area contributed by atoms with Crippen LogP contribution in [0.15, 0.2) is 0 Å². The van der Waals surface area contributed by atoms with E-state index < -0.39 is 0 Å². The zero-order chi connectivity index (χ0) is 6.69. The van der Waals surface area contributed by atoms with Crippen LogP contribution in [-0.4, -0.2) is 19.4 Å². The lowest BCUT2D eigenvalue weighted by atomic mass is 10.00. The standard InChI is InChI=1S/C6H8N2O/c7-1-5-2-8-3-6(5)4-9/h4-6,8H,2-3H2. The third-order valence-electron chi connectivity index (χ3n) is 1.60. The number of nitrogens with zero attached hydrogens (tertiary/aromatic N) is 1. The minimum Gasteiger partial charge on any atom is -0.315 e. The highest BCUT2D eigenvalue weighted by Crippen LogP contribution is 2.11. The molecule has 1 N–H and O–H groups in total. The van der Waals surface area contributed by atoms with Crippen LogP contribution in [-0.2, 0) is 4.79 Å². The normalized spacial score (nSPS) is 33.7. The summed E-state index contributed by atoms with van der Waals surface area (Å²) in [6, 6.07) is 2.07. The van der Waals surface area contributed by atoms with Gasteiger partial charge in [0.1, 0.15) is 6.29 Å². The summed E-state index contributed by atoms with van der Waals surface area (Å²) in [5.74, 6) is -0.169. The van der Waals surface area contributed by atoms with E-state index in [1.807, 2.05) is 0 Å². The summed E-state index contributed by atoms with van der Waals surface area (Å²) in [6.45, 7) is 1.33. The zero-order valence-electron chi connectivity index (χ0n) is 5.00. The highest BCUT2D eigenvalue weighted by atomic mass is 16.1. The molecule has 1 rings (SSSR count). The van der Waals surface area contributed by atoms with Crippen LogP contribution in [0.1, 0.15) is 0 Å². The van der Waals surface area contributed by atoms with Crippen LogP contribution in [0.2, 0.25) is 0 Å². The fraction of sp³-hybridized carbons (Fsp3) is 0.667. The number of carbonyl (C=O) groups excluding carboxylic acids is 1. The molecule has 0 bridgehead atoms. The van der Waals surface area contributed by atoms with Crippen LogP contribution in [0, 0.1) is 23.2 Å². The van der Waals surface area contributed by atoms with Gasteiger partial charge in [0.05, 0.1) is 12.0 Å². The molecule has 0 aromatic heterocycles. The third kappa shape index (κ3) is 1.08. The lowest BCUT2D eigenvalue weighted by Gasteiger charge is -1.99. The number of rotatable bonds is 1. The number of carbonyl (C=O) groups is 1. The average molecular weight is 124 g/mol. The van der Waals surface area contributed by atoms with Gasteiger partial charge in [-0.05, 0) is 0 Å². The van der Waals surface area contributed by atoms with Crippen LogP contribution < -0.4 is 5.32 Å². The second-order valence-corrected chi connectivity index (χ2v) is 2.19. The van der Waals surface area contributed by atoms with E-state index in [1.54, 1.807) is 0 Å². The summed E-state index contributed by atoms with van der Waals surface area (Å²) in [4.78, 5) is 10.2. The van der Waals surface area contributed by atoms with Crippen molar-refractivity contribution in [3.8, 4) is 6.07 Å². The predicted octanol–water partition coefficient (Wildman–Crippen LogP) is -0.456. The van der Waals surface area contributed by atoms with Gasteiger partial charge in [-0.2, -0.15) is 5.26 Å².